The van der Waals surface area contributed by atoms with Crippen molar-refractivity contribution in [3.8, 4) is 5.75 Å². The minimum atomic E-state index is -0.0627. The summed E-state index contributed by atoms with van der Waals surface area (Å²) in [5, 5.41) is 2.16. The Labute approximate surface area is 180 Å². The highest BCUT2D eigenvalue weighted by Crippen LogP contribution is 2.37. The number of thiocarbonyl (C=S) groups is 1. The minimum Gasteiger partial charge on any atom is -0.490 e. The number of fused-ring (bicyclic) bond motifs is 1. The van der Waals surface area contributed by atoms with Crippen LogP contribution in [0.4, 0.5) is 0 Å². The fraction of sp³-hybridized carbons (Fsp3) is 0.167. The zero-order valence-corrected chi connectivity index (χ0v) is 17.9. The predicted molar refractivity (Wildman–Crippen MR) is 125 cm³/mol. The molecular formula is C24H21NO2S2. The molecule has 0 spiro atoms. The van der Waals surface area contributed by atoms with E-state index in [1.165, 1.54) is 11.8 Å². The average molecular weight is 420 g/mol. The third-order valence-electron chi connectivity index (χ3n) is 4.63. The van der Waals surface area contributed by atoms with Gasteiger partial charge < -0.3 is 4.74 Å². The molecule has 0 radical (unpaired) electrons. The first kappa shape index (κ1) is 19.7. The molecule has 1 saturated heterocycles. The van der Waals surface area contributed by atoms with E-state index in [4.69, 9.17) is 17.0 Å². The highest BCUT2D eigenvalue weighted by atomic mass is 32.2. The number of ether oxygens (including phenoxy) is 1. The van der Waals surface area contributed by atoms with E-state index in [2.05, 4.69) is 12.1 Å². The van der Waals surface area contributed by atoms with Gasteiger partial charge in [-0.2, -0.15) is 0 Å². The Kier molecular flexibility index (Phi) is 5.69. The summed E-state index contributed by atoms with van der Waals surface area (Å²) in [6.07, 6.45) is 1.96. The second kappa shape index (κ2) is 8.39. The van der Waals surface area contributed by atoms with Crippen LogP contribution in [0.5, 0.6) is 5.75 Å². The average Bonchev–Trinajstić information content (AvgIpc) is 2.97. The lowest BCUT2D eigenvalue weighted by Gasteiger charge is -2.15. The fourth-order valence-electron chi connectivity index (χ4n) is 3.31. The zero-order chi connectivity index (χ0) is 20.4. The van der Waals surface area contributed by atoms with Crippen LogP contribution in [0.25, 0.3) is 16.8 Å². The van der Waals surface area contributed by atoms with Crippen molar-refractivity contribution in [1.29, 1.82) is 0 Å². The van der Waals surface area contributed by atoms with E-state index in [0.717, 1.165) is 27.6 Å². The maximum Gasteiger partial charge on any atom is 0.266 e. The van der Waals surface area contributed by atoms with E-state index in [0.29, 0.717) is 15.8 Å². The number of amides is 1. The normalized spacial score (nSPS) is 15.7. The van der Waals surface area contributed by atoms with Crippen LogP contribution in [-0.4, -0.2) is 21.2 Å². The molecule has 1 aliphatic rings. The van der Waals surface area contributed by atoms with Crippen molar-refractivity contribution in [1.82, 2.24) is 4.90 Å². The number of carbonyl (C=O) groups excluding carboxylic acids is 1. The summed E-state index contributed by atoms with van der Waals surface area (Å²) in [4.78, 5) is 15.4. The van der Waals surface area contributed by atoms with Gasteiger partial charge in [0.1, 0.15) is 10.1 Å². The van der Waals surface area contributed by atoms with Gasteiger partial charge in [-0.3, -0.25) is 9.69 Å². The van der Waals surface area contributed by atoms with E-state index in [9.17, 15) is 4.79 Å². The number of hydrogen-bond donors (Lipinski definition) is 0. The molecule has 0 unspecified atom stereocenters. The topological polar surface area (TPSA) is 29.5 Å². The van der Waals surface area contributed by atoms with Gasteiger partial charge >= 0.3 is 0 Å². The summed E-state index contributed by atoms with van der Waals surface area (Å²) in [7, 11) is 0. The molecular weight excluding hydrogens is 398 g/mol. The second-order valence-corrected chi connectivity index (χ2v) is 8.79. The van der Waals surface area contributed by atoms with E-state index >= 15 is 0 Å². The quantitative estimate of drug-likeness (QED) is 0.373. The van der Waals surface area contributed by atoms with Crippen LogP contribution in [0.3, 0.4) is 0 Å². The standard InChI is InChI=1S/C24H21NO2S2/c1-16(2)27-21-13-12-18-10-6-7-11-19(18)20(21)14-22-23(26)25(24(28)29-22)15-17-8-4-3-5-9-17/h3-14,16H,15H2,1-2H3/b22-14-. The second-order valence-electron chi connectivity index (χ2n) is 7.12. The Morgan fingerprint density at radius 2 is 1.76 bits per heavy atom. The van der Waals surface area contributed by atoms with Gasteiger partial charge in [0, 0.05) is 5.56 Å². The maximum atomic E-state index is 13.1. The predicted octanol–water partition coefficient (Wildman–Crippen LogP) is 6.03. The highest BCUT2D eigenvalue weighted by Gasteiger charge is 2.32. The van der Waals surface area contributed by atoms with Crippen LogP contribution in [0.2, 0.25) is 0 Å². The van der Waals surface area contributed by atoms with Crippen LogP contribution < -0.4 is 4.74 Å². The first-order chi connectivity index (χ1) is 14.0. The molecule has 0 aromatic heterocycles. The number of nitrogens with zero attached hydrogens (tertiary/aromatic N) is 1. The minimum absolute atomic E-state index is 0.0379. The molecule has 1 aliphatic heterocycles. The fourth-order valence-corrected chi connectivity index (χ4v) is 4.55. The lowest BCUT2D eigenvalue weighted by atomic mass is 10.0. The van der Waals surface area contributed by atoms with Gasteiger partial charge in [-0.05, 0) is 42.3 Å². The van der Waals surface area contributed by atoms with Gasteiger partial charge in [0.2, 0.25) is 0 Å². The van der Waals surface area contributed by atoms with Crippen LogP contribution in [0.1, 0.15) is 25.0 Å². The number of rotatable bonds is 5. The molecule has 0 atom stereocenters. The van der Waals surface area contributed by atoms with Crippen molar-refractivity contribution in [3.63, 3.8) is 0 Å². The molecule has 3 aromatic rings. The smallest absolute Gasteiger partial charge is 0.266 e. The summed E-state index contributed by atoms with van der Waals surface area (Å²) in [6, 6.07) is 22.0. The summed E-state index contributed by atoms with van der Waals surface area (Å²) in [5.41, 5.74) is 1.97. The van der Waals surface area contributed by atoms with Crippen molar-refractivity contribution >= 4 is 51.1 Å². The van der Waals surface area contributed by atoms with Crippen molar-refractivity contribution in [2.45, 2.75) is 26.5 Å². The maximum absolute atomic E-state index is 13.1. The molecule has 0 saturated carbocycles. The Morgan fingerprint density at radius 1 is 1.03 bits per heavy atom. The van der Waals surface area contributed by atoms with Crippen LogP contribution in [-0.2, 0) is 11.3 Å². The molecule has 3 nitrogen and oxygen atoms in total. The molecule has 146 valence electrons. The molecule has 0 aliphatic carbocycles. The van der Waals surface area contributed by atoms with Gasteiger partial charge in [-0.25, -0.2) is 0 Å². The van der Waals surface area contributed by atoms with Crippen LogP contribution in [0.15, 0.2) is 71.6 Å². The largest absolute Gasteiger partial charge is 0.490 e. The first-order valence-corrected chi connectivity index (χ1v) is 10.7. The lowest BCUT2D eigenvalue weighted by Crippen LogP contribution is -2.27. The van der Waals surface area contributed by atoms with E-state index in [1.54, 1.807) is 4.90 Å². The van der Waals surface area contributed by atoms with Crippen molar-refractivity contribution < 1.29 is 9.53 Å². The molecule has 1 fully saturated rings. The summed E-state index contributed by atoms with van der Waals surface area (Å²) >= 11 is 6.85. The molecule has 0 bridgehead atoms. The number of hydrogen-bond acceptors (Lipinski definition) is 4. The molecule has 1 amide bonds. The van der Waals surface area contributed by atoms with E-state index in [-0.39, 0.29) is 12.0 Å². The van der Waals surface area contributed by atoms with E-state index in [1.807, 2.05) is 74.5 Å². The third kappa shape index (κ3) is 4.21. The van der Waals surface area contributed by atoms with Gasteiger partial charge in [-0.15, -0.1) is 0 Å². The summed E-state index contributed by atoms with van der Waals surface area (Å²) in [5.74, 6) is 0.708. The Bertz CT molecular complexity index is 1110. The van der Waals surface area contributed by atoms with Gasteiger partial charge in [0.25, 0.3) is 5.91 Å². The van der Waals surface area contributed by atoms with Gasteiger partial charge in [0.05, 0.1) is 17.6 Å². The van der Waals surface area contributed by atoms with Gasteiger partial charge in [-0.1, -0.05) is 84.6 Å². The number of benzene rings is 3. The summed E-state index contributed by atoms with van der Waals surface area (Å²) in [6.45, 7) is 4.48. The third-order valence-corrected chi connectivity index (χ3v) is 6.00. The van der Waals surface area contributed by atoms with Crippen LogP contribution in [0, 0.1) is 0 Å². The number of thioether (sulfide) groups is 1. The van der Waals surface area contributed by atoms with Crippen molar-refractivity contribution in [2.75, 3.05) is 0 Å². The Morgan fingerprint density at radius 3 is 2.52 bits per heavy atom. The molecule has 29 heavy (non-hydrogen) atoms. The first-order valence-electron chi connectivity index (χ1n) is 9.50. The van der Waals surface area contributed by atoms with Crippen molar-refractivity contribution in [2.24, 2.45) is 0 Å². The Hall–Kier alpha value is -2.63. The SMILES string of the molecule is CC(C)Oc1ccc2ccccc2c1/C=C1\SC(=S)N(Cc2ccccc2)C1=O. The number of carbonyl (C=O) groups is 1. The van der Waals surface area contributed by atoms with Crippen molar-refractivity contribution in [3.05, 3.63) is 82.8 Å². The summed E-state index contributed by atoms with van der Waals surface area (Å²) < 4.78 is 6.62. The van der Waals surface area contributed by atoms with Crippen LogP contribution >= 0.6 is 24.0 Å². The molecule has 4 rings (SSSR count). The van der Waals surface area contributed by atoms with Gasteiger partial charge in [0.15, 0.2) is 0 Å². The highest BCUT2D eigenvalue weighted by molar-refractivity contribution is 8.26. The monoisotopic (exact) mass is 419 g/mol. The lowest BCUT2D eigenvalue weighted by molar-refractivity contribution is -0.122. The molecule has 0 N–H and O–H groups in total. The van der Waals surface area contributed by atoms with E-state index < -0.39 is 0 Å². The molecule has 3 aromatic carbocycles. The zero-order valence-electron chi connectivity index (χ0n) is 16.3. The molecule has 5 heteroatoms. The Balaban J connectivity index is 1.73. The molecule has 1 heterocycles.